The van der Waals surface area contributed by atoms with E-state index in [-0.39, 0.29) is 11.0 Å². The van der Waals surface area contributed by atoms with E-state index in [1.54, 1.807) is 18.2 Å². The Bertz CT molecular complexity index is 767. The number of ether oxygens (including phenoxy) is 1. The van der Waals surface area contributed by atoms with Crippen LogP contribution >= 0.6 is 23.8 Å². The minimum absolute atomic E-state index is 0.248. The normalized spacial score (nSPS) is 10.3. The Morgan fingerprint density at radius 2 is 1.81 bits per heavy atom. The zero-order valence-corrected chi connectivity index (χ0v) is 17.0. The average molecular weight is 405 g/mol. The van der Waals surface area contributed by atoms with Crippen molar-refractivity contribution in [1.29, 1.82) is 0 Å². The number of benzene rings is 2. The molecular weight excluding hydrogens is 380 g/mol. The van der Waals surface area contributed by atoms with Gasteiger partial charge in [-0.3, -0.25) is 10.1 Å². The van der Waals surface area contributed by atoms with Crippen LogP contribution in [0.1, 0.15) is 48.5 Å². The van der Waals surface area contributed by atoms with Crippen molar-refractivity contribution in [3.63, 3.8) is 0 Å². The topological polar surface area (TPSA) is 50.4 Å². The number of halogens is 1. The van der Waals surface area contributed by atoms with Crippen molar-refractivity contribution in [1.82, 2.24) is 10.6 Å². The molecule has 2 rings (SSSR count). The molecule has 4 nitrogen and oxygen atoms in total. The lowest BCUT2D eigenvalue weighted by molar-refractivity contribution is 0.0972. The summed E-state index contributed by atoms with van der Waals surface area (Å²) in [6.07, 6.45) is 4.47. The molecule has 0 spiro atoms. The van der Waals surface area contributed by atoms with Crippen molar-refractivity contribution in [2.24, 2.45) is 0 Å². The van der Waals surface area contributed by atoms with E-state index >= 15 is 0 Å². The molecule has 0 fully saturated rings. The first kappa shape index (κ1) is 21.2. The molecule has 0 bridgehead atoms. The van der Waals surface area contributed by atoms with Gasteiger partial charge in [0.25, 0.3) is 5.91 Å². The van der Waals surface area contributed by atoms with Gasteiger partial charge in [0.2, 0.25) is 0 Å². The number of hydrogen-bond donors (Lipinski definition) is 2. The molecular formula is C21H25ClN2O2S. The van der Waals surface area contributed by atoms with Crippen molar-refractivity contribution in [3.8, 4) is 5.75 Å². The van der Waals surface area contributed by atoms with Crippen LogP contribution in [-0.4, -0.2) is 17.6 Å². The first-order valence-electron chi connectivity index (χ1n) is 9.16. The predicted octanol–water partition coefficient (Wildman–Crippen LogP) is 5.10. The molecule has 0 atom stereocenters. The second-order valence-corrected chi connectivity index (χ2v) is 6.95. The molecule has 2 N–H and O–H groups in total. The van der Waals surface area contributed by atoms with Gasteiger partial charge >= 0.3 is 0 Å². The summed E-state index contributed by atoms with van der Waals surface area (Å²) in [5.41, 5.74) is 1.38. The summed E-state index contributed by atoms with van der Waals surface area (Å²) in [5.74, 6) is 0.274. The average Bonchev–Trinajstić information content (AvgIpc) is 2.67. The van der Waals surface area contributed by atoms with E-state index in [0.717, 1.165) is 18.4 Å². The summed E-state index contributed by atoms with van der Waals surface area (Å²) in [4.78, 5) is 12.5. The molecule has 144 valence electrons. The first-order chi connectivity index (χ1) is 13.1. The molecule has 27 heavy (non-hydrogen) atoms. The molecule has 0 saturated heterocycles. The Balaban J connectivity index is 1.87. The fourth-order valence-electron chi connectivity index (χ4n) is 2.52. The maximum absolute atomic E-state index is 12.5. The minimum atomic E-state index is -0.296. The van der Waals surface area contributed by atoms with Crippen molar-refractivity contribution in [2.75, 3.05) is 6.61 Å². The van der Waals surface area contributed by atoms with Crippen LogP contribution in [0.5, 0.6) is 5.75 Å². The van der Waals surface area contributed by atoms with Gasteiger partial charge in [-0.25, -0.2) is 0 Å². The lowest BCUT2D eigenvalue weighted by atomic mass is 10.2. The molecule has 0 aliphatic carbocycles. The predicted molar refractivity (Wildman–Crippen MR) is 114 cm³/mol. The van der Waals surface area contributed by atoms with Crippen LogP contribution in [0.15, 0.2) is 48.5 Å². The Morgan fingerprint density at radius 3 is 2.59 bits per heavy atom. The second-order valence-electron chi connectivity index (χ2n) is 6.13. The number of hydrogen-bond acceptors (Lipinski definition) is 3. The number of rotatable bonds is 9. The highest BCUT2D eigenvalue weighted by molar-refractivity contribution is 7.80. The van der Waals surface area contributed by atoms with E-state index in [4.69, 9.17) is 28.6 Å². The highest BCUT2D eigenvalue weighted by Gasteiger charge is 2.13. The first-order valence-corrected chi connectivity index (χ1v) is 9.95. The molecule has 0 saturated carbocycles. The third-order valence-electron chi connectivity index (χ3n) is 4.01. The van der Waals surface area contributed by atoms with Gasteiger partial charge in [0.05, 0.1) is 12.2 Å². The van der Waals surface area contributed by atoms with Gasteiger partial charge in [-0.1, -0.05) is 68.1 Å². The van der Waals surface area contributed by atoms with E-state index in [0.29, 0.717) is 29.5 Å². The van der Waals surface area contributed by atoms with Gasteiger partial charge in [0, 0.05) is 11.6 Å². The lowest BCUT2D eigenvalue weighted by Gasteiger charge is -2.13. The third-order valence-corrected chi connectivity index (χ3v) is 4.63. The maximum Gasteiger partial charge on any atom is 0.261 e. The summed E-state index contributed by atoms with van der Waals surface area (Å²) >= 11 is 11.3. The summed E-state index contributed by atoms with van der Waals surface area (Å²) in [6, 6.07) is 14.7. The number of amides is 1. The fraction of sp³-hybridized carbons (Fsp3) is 0.333. The van der Waals surface area contributed by atoms with E-state index in [2.05, 4.69) is 17.6 Å². The molecule has 2 aromatic rings. The monoisotopic (exact) mass is 404 g/mol. The summed E-state index contributed by atoms with van der Waals surface area (Å²) in [5, 5.41) is 6.60. The quantitative estimate of drug-likeness (QED) is 0.450. The van der Waals surface area contributed by atoms with Gasteiger partial charge in [-0.2, -0.15) is 0 Å². The van der Waals surface area contributed by atoms with Gasteiger partial charge in [-0.05, 0) is 42.4 Å². The molecule has 1 amide bonds. The van der Waals surface area contributed by atoms with Gasteiger partial charge in [0.1, 0.15) is 5.75 Å². The number of carbonyl (C=O) groups excluding carboxylic acids is 1. The Labute approximate surface area is 171 Å². The van der Waals surface area contributed by atoms with Crippen molar-refractivity contribution < 1.29 is 9.53 Å². The van der Waals surface area contributed by atoms with Crippen LogP contribution in [0.4, 0.5) is 0 Å². The SMILES string of the molecule is CCCCCCOc1ccccc1C(=O)NC(=S)NCc1ccccc1Cl. The standard InChI is InChI=1S/C21H25ClN2O2S/c1-2-3-4-9-14-26-19-13-8-6-11-17(19)20(25)24-21(27)23-15-16-10-5-7-12-18(16)22/h5-8,10-13H,2-4,9,14-15H2,1H3,(H2,23,24,25,27). The van der Waals surface area contributed by atoms with Gasteiger partial charge < -0.3 is 10.1 Å². The van der Waals surface area contributed by atoms with Crippen LogP contribution in [0.25, 0.3) is 0 Å². The number of unbranched alkanes of at least 4 members (excludes halogenated alkanes) is 3. The zero-order valence-electron chi connectivity index (χ0n) is 15.5. The van der Waals surface area contributed by atoms with Crippen molar-refractivity contribution >= 4 is 34.8 Å². The summed E-state index contributed by atoms with van der Waals surface area (Å²) in [6.45, 7) is 3.21. The van der Waals surface area contributed by atoms with Crippen LogP contribution in [-0.2, 0) is 6.54 Å². The number of thiocarbonyl (C=S) groups is 1. The molecule has 0 heterocycles. The van der Waals surface area contributed by atoms with Gasteiger partial charge in [-0.15, -0.1) is 0 Å². The van der Waals surface area contributed by atoms with Crippen molar-refractivity contribution in [3.05, 3.63) is 64.7 Å². The Kier molecular flexibility index (Phi) is 9.08. The largest absolute Gasteiger partial charge is 0.493 e. The van der Waals surface area contributed by atoms with Crippen LogP contribution < -0.4 is 15.4 Å². The van der Waals surface area contributed by atoms with Crippen LogP contribution in [0, 0.1) is 0 Å². The zero-order chi connectivity index (χ0) is 19.5. The summed E-state index contributed by atoms with van der Waals surface area (Å²) in [7, 11) is 0. The molecule has 0 unspecified atom stereocenters. The molecule has 0 aliphatic heterocycles. The van der Waals surface area contributed by atoms with Crippen LogP contribution in [0.2, 0.25) is 5.02 Å². The van der Waals surface area contributed by atoms with Gasteiger partial charge in [0.15, 0.2) is 5.11 Å². The molecule has 0 radical (unpaired) electrons. The van der Waals surface area contributed by atoms with E-state index in [9.17, 15) is 4.79 Å². The summed E-state index contributed by atoms with van der Waals surface area (Å²) < 4.78 is 5.79. The Hall–Kier alpha value is -2.11. The lowest BCUT2D eigenvalue weighted by Crippen LogP contribution is -2.39. The maximum atomic E-state index is 12.5. The van der Waals surface area contributed by atoms with Crippen molar-refractivity contribution in [2.45, 2.75) is 39.2 Å². The minimum Gasteiger partial charge on any atom is -0.493 e. The third kappa shape index (κ3) is 7.19. The molecule has 2 aromatic carbocycles. The molecule has 0 aliphatic rings. The van der Waals surface area contributed by atoms with E-state index in [1.165, 1.54) is 12.8 Å². The highest BCUT2D eigenvalue weighted by Crippen LogP contribution is 2.18. The fourth-order valence-corrected chi connectivity index (χ4v) is 2.89. The number of carbonyl (C=O) groups is 1. The number of nitrogens with one attached hydrogen (secondary N) is 2. The Morgan fingerprint density at radius 1 is 1.07 bits per heavy atom. The molecule has 6 heteroatoms. The van der Waals surface area contributed by atoms with E-state index in [1.807, 2.05) is 30.3 Å². The molecule has 0 aromatic heterocycles. The second kappa shape index (κ2) is 11.6. The smallest absolute Gasteiger partial charge is 0.261 e. The highest BCUT2D eigenvalue weighted by atomic mass is 35.5. The van der Waals surface area contributed by atoms with Crippen LogP contribution in [0.3, 0.4) is 0 Å². The van der Waals surface area contributed by atoms with E-state index < -0.39 is 0 Å². The number of para-hydroxylation sites is 1.